The average Bonchev–Trinajstić information content (AvgIpc) is 3.34. The number of benzene rings is 1. The Bertz CT molecular complexity index is 1350. The van der Waals surface area contributed by atoms with Gasteiger partial charge in [0.15, 0.2) is 0 Å². The van der Waals surface area contributed by atoms with Gasteiger partial charge < -0.3 is 4.74 Å². The predicted molar refractivity (Wildman–Crippen MR) is 113 cm³/mol. The van der Waals surface area contributed by atoms with Crippen molar-refractivity contribution in [2.75, 3.05) is 5.32 Å². The molecule has 4 rings (SSSR count). The van der Waals surface area contributed by atoms with Gasteiger partial charge in [-0.3, -0.25) is 20.2 Å². The molecule has 0 saturated carbocycles. The van der Waals surface area contributed by atoms with Crippen LogP contribution in [0.1, 0.15) is 15.2 Å². The van der Waals surface area contributed by atoms with Crippen molar-refractivity contribution in [1.82, 2.24) is 9.97 Å². The fraction of sp³-hybridized carbons (Fsp3) is 0.105. The molecule has 1 aromatic carbocycles. The number of alkyl halides is 3. The second-order valence-electron chi connectivity index (χ2n) is 6.42. The molecule has 1 N–H and O–H groups in total. The predicted octanol–water partition coefficient (Wildman–Crippen LogP) is 5.79. The molecule has 3 aromatic heterocycles. The zero-order valence-corrected chi connectivity index (χ0v) is 17.6. The Kier molecular flexibility index (Phi) is 5.52. The van der Waals surface area contributed by atoms with Crippen LogP contribution in [0.2, 0.25) is 0 Å². The highest BCUT2D eigenvalue weighted by atomic mass is 32.1. The van der Waals surface area contributed by atoms with Crippen molar-refractivity contribution in [2.24, 2.45) is 0 Å². The van der Waals surface area contributed by atoms with E-state index in [9.17, 15) is 28.1 Å². The van der Waals surface area contributed by atoms with E-state index in [1.807, 2.05) is 5.38 Å². The van der Waals surface area contributed by atoms with Crippen LogP contribution in [0.5, 0.6) is 5.75 Å². The summed E-state index contributed by atoms with van der Waals surface area (Å²) >= 11 is 2.01. The maximum atomic E-state index is 12.6. The van der Waals surface area contributed by atoms with Crippen LogP contribution in [-0.2, 0) is 0 Å². The van der Waals surface area contributed by atoms with E-state index in [1.165, 1.54) is 41.7 Å². The van der Waals surface area contributed by atoms with Crippen molar-refractivity contribution in [1.29, 1.82) is 0 Å². The number of carbonyl (C=O) groups excluding carboxylic acids is 1. The first-order chi connectivity index (χ1) is 15.1. The second kappa shape index (κ2) is 8.16. The molecule has 32 heavy (non-hydrogen) atoms. The number of ether oxygens (including phenoxy) is 1. The molecule has 0 aliphatic heterocycles. The molecule has 0 spiro atoms. The first kappa shape index (κ1) is 21.6. The average molecular weight is 480 g/mol. The Morgan fingerprint density at radius 1 is 1.22 bits per heavy atom. The monoisotopic (exact) mass is 480 g/mol. The number of aryl methyl sites for hydroxylation is 1. The van der Waals surface area contributed by atoms with E-state index in [-0.39, 0.29) is 15.8 Å². The van der Waals surface area contributed by atoms with Crippen molar-refractivity contribution in [3.05, 3.63) is 62.3 Å². The molecule has 0 aliphatic carbocycles. The lowest BCUT2D eigenvalue weighted by molar-refractivity contribution is -0.380. The van der Waals surface area contributed by atoms with E-state index >= 15 is 0 Å². The third-order valence-corrected chi connectivity index (χ3v) is 6.28. The molecule has 13 heteroatoms. The molecule has 164 valence electrons. The fourth-order valence-corrected chi connectivity index (χ4v) is 4.55. The van der Waals surface area contributed by atoms with Crippen LogP contribution >= 0.6 is 22.7 Å². The molecule has 0 bridgehead atoms. The summed E-state index contributed by atoms with van der Waals surface area (Å²) in [5, 5.41) is 15.0. The number of hydrogen-bond acceptors (Lipinski definition) is 8. The molecule has 0 atom stereocenters. The SMILES string of the molecule is Cc1csc2c(-c3cccc(OC(F)(F)F)c3)nc(NC(=O)c3ccc([N+](=O)[O-])s3)nc12. The molecular weight excluding hydrogens is 469 g/mol. The van der Waals surface area contributed by atoms with Crippen LogP contribution < -0.4 is 10.1 Å². The number of fused-ring (bicyclic) bond motifs is 1. The molecule has 0 saturated heterocycles. The third-order valence-electron chi connectivity index (χ3n) is 4.15. The normalized spacial score (nSPS) is 11.5. The number of anilines is 1. The number of nitrogens with zero attached hydrogens (tertiary/aromatic N) is 3. The summed E-state index contributed by atoms with van der Waals surface area (Å²) in [7, 11) is 0. The topological polar surface area (TPSA) is 107 Å². The first-order valence-electron chi connectivity index (χ1n) is 8.78. The van der Waals surface area contributed by atoms with Crippen LogP contribution in [-0.4, -0.2) is 27.2 Å². The molecule has 4 aromatic rings. The van der Waals surface area contributed by atoms with Gasteiger partial charge in [-0.1, -0.05) is 23.5 Å². The summed E-state index contributed by atoms with van der Waals surface area (Å²) in [5.41, 5.74) is 1.96. The molecule has 0 fully saturated rings. The number of nitrogens with one attached hydrogen (secondary N) is 1. The fourth-order valence-electron chi connectivity index (χ4n) is 2.84. The molecule has 0 unspecified atom stereocenters. The standard InChI is InChI=1S/C19H11F3N4O4S2/c1-9-8-31-16-14(9)23-18(25-17(27)12-5-6-13(32-12)26(28)29)24-15(16)10-3-2-4-11(7-10)30-19(20,21)22/h2-8H,1H3,(H,23,24,25,27). The van der Waals surface area contributed by atoms with Crippen LogP contribution in [0.3, 0.4) is 0 Å². The number of hydrogen-bond donors (Lipinski definition) is 1. The Morgan fingerprint density at radius 2 is 2.00 bits per heavy atom. The van der Waals surface area contributed by atoms with Crippen LogP contribution in [0, 0.1) is 17.0 Å². The van der Waals surface area contributed by atoms with Gasteiger partial charge in [0.1, 0.15) is 5.75 Å². The van der Waals surface area contributed by atoms with Gasteiger partial charge in [-0.2, -0.15) is 0 Å². The maximum absolute atomic E-state index is 12.6. The maximum Gasteiger partial charge on any atom is 0.573 e. The quantitative estimate of drug-likeness (QED) is 0.286. The summed E-state index contributed by atoms with van der Waals surface area (Å²) in [5.74, 6) is -1.14. The minimum Gasteiger partial charge on any atom is -0.406 e. The van der Waals surface area contributed by atoms with Crippen molar-refractivity contribution in [2.45, 2.75) is 13.3 Å². The lowest BCUT2D eigenvalue weighted by atomic mass is 10.1. The van der Waals surface area contributed by atoms with E-state index < -0.39 is 22.9 Å². The summed E-state index contributed by atoms with van der Waals surface area (Å²) in [6.45, 7) is 1.80. The minimum absolute atomic E-state index is 0.0859. The van der Waals surface area contributed by atoms with E-state index in [0.29, 0.717) is 32.8 Å². The van der Waals surface area contributed by atoms with Gasteiger partial charge in [0.25, 0.3) is 5.91 Å². The highest BCUT2D eigenvalue weighted by molar-refractivity contribution is 7.18. The lowest BCUT2D eigenvalue weighted by Gasteiger charge is -2.11. The first-order valence-corrected chi connectivity index (χ1v) is 10.5. The van der Waals surface area contributed by atoms with Crippen molar-refractivity contribution in [3.63, 3.8) is 0 Å². The highest BCUT2D eigenvalue weighted by Crippen LogP contribution is 2.36. The molecule has 0 radical (unpaired) electrons. The van der Waals surface area contributed by atoms with Gasteiger partial charge >= 0.3 is 11.4 Å². The van der Waals surface area contributed by atoms with Crippen LogP contribution in [0.4, 0.5) is 24.1 Å². The highest BCUT2D eigenvalue weighted by Gasteiger charge is 2.31. The molecular formula is C19H11F3N4O4S2. The van der Waals surface area contributed by atoms with Gasteiger partial charge in [0, 0.05) is 11.6 Å². The Morgan fingerprint density at radius 3 is 2.69 bits per heavy atom. The van der Waals surface area contributed by atoms with Crippen molar-refractivity contribution in [3.8, 4) is 17.0 Å². The number of rotatable bonds is 5. The number of amides is 1. The smallest absolute Gasteiger partial charge is 0.406 e. The summed E-state index contributed by atoms with van der Waals surface area (Å²) in [4.78, 5) is 31.5. The summed E-state index contributed by atoms with van der Waals surface area (Å²) < 4.78 is 42.5. The van der Waals surface area contributed by atoms with E-state index in [1.54, 1.807) is 13.0 Å². The van der Waals surface area contributed by atoms with E-state index in [2.05, 4.69) is 20.0 Å². The van der Waals surface area contributed by atoms with Crippen LogP contribution in [0.25, 0.3) is 21.5 Å². The third kappa shape index (κ3) is 4.53. The summed E-state index contributed by atoms with van der Waals surface area (Å²) in [6, 6.07) is 7.84. The zero-order valence-electron chi connectivity index (χ0n) is 16.0. The lowest BCUT2D eigenvalue weighted by Crippen LogP contribution is -2.17. The van der Waals surface area contributed by atoms with E-state index in [4.69, 9.17) is 0 Å². The van der Waals surface area contributed by atoms with Gasteiger partial charge in [0.2, 0.25) is 5.95 Å². The second-order valence-corrected chi connectivity index (χ2v) is 8.36. The van der Waals surface area contributed by atoms with Gasteiger partial charge in [-0.25, -0.2) is 9.97 Å². The Hall–Kier alpha value is -3.58. The van der Waals surface area contributed by atoms with Crippen LogP contribution in [0.15, 0.2) is 41.8 Å². The number of halogens is 3. The molecule has 8 nitrogen and oxygen atoms in total. The Balaban J connectivity index is 1.73. The molecule has 1 amide bonds. The number of nitro groups is 1. The van der Waals surface area contributed by atoms with Gasteiger partial charge in [-0.05, 0) is 36.1 Å². The molecule has 0 aliphatic rings. The van der Waals surface area contributed by atoms with Gasteiger partial charge in [0.05, 0.1) is 25.7 Å². The number of thiophene rings is 2. The van der Waals surface area contributed by atoms with Gasteiger partial charge in [-0.15, -0.1) is 24.5 Å². The van der Waals surface area contributed by atoms with E-state index in [0.717, 1.165) is 5.56 Å². The number of aromatic nitrogens is 2. The number of carbonyl (C=O) groups is 1. The minimum atomic E-state index is -4.85. The molecule has 3 heterocycles. The van der Waals surface area contributed by atoms with Crippen molar-refractivity contribution < 1.29 is 27.6 Å². The van der Waals surface area contributed by atoms with Crippen molar-refractivity contribution >= 4 is 49.7 Å². The Labute approximate surface area is 185 Å². The largest absolute Gasteiger partial charge is 0.573 e. The zero-order chi connectivity index (χ0) is 23.0. The summed E-state index contributed by atoms with van der Waals surface area (Å²) in [6.07, 6.45) is -4.85.